The Morgan fingerprint density at radius 3 is 1.84 bits per heavy atom. The number of benzene rings is 4. The van der Waals surface area contributed by atoms with Gasteiger partial charge in [-0.1, -0.05) is 30.3 Å². The minimum atomic E-state index is -1.25. The summed E-state index contributed by atoms with van der Waals surface area (Å²) in [6.45, 7) is -0.330. The molecule has 64 heavy (non-hydrogen) atoms. The first kappa shape index (κ1) is 46.5. The van der Waals surface area contributed by atoms with Crippen molar-refractivity contribution in [3.63, 3.8) is 0 Å². The zero-order valence-electron chi connectivity index (χ0n) is 34.3. The van der Waals surface area contributed by atoms with Crippen molar-refractivity contribution >= 4 is 69.5 Å². The average molecular weight is 898 g/mol. The monoisotopic (exact) mass is 897 g/mol. The molecular weight excluding hydrogens is 853 g/mol. The molecule has 0 radical (unpaired) electrons. The van der Waals surface area contributed by atoms with Crippen LogP contribution in [0.2, 0.25) is 0 Å². The van der Waals surface area contributed by atoms with Crippen molar-refractivity contribution < 1.29 is 59.0 Å². The molecule has 3 aromatic rings. The van der Waals surface area contributed by atoms with Crippen LogP contribution in [0.5, 0.6) is 5.75 Å². The molecule has 0 aromatic heterocycles. The van der Waals surface area contributed by atoms with Crippen LogP contribution in [0, 0.1) is 0 Å². The van der Waals surface area contributed by atoms with E-state index in [1.54, 1.807) is 68.1 Å². The van der Waals surface area contributed by atoms with E-state index in [0.717, 1.165) is 5.56 Å². The smallest absolute Gasteiger partial charge is 0.336 e. The number of hydrogen-bond acceptors (Lipinski definition) is 13. The molecule has 0 amide bonds. The number of aliphatic carboxylic acids is 4. The molecule has 19 nitrogen and oxygen atoms in total. The van der Waals surface area contributed by atoms with Crippen molar-refractivity contribution in [2.24, 2.45) is 0 Å². The Balaban J connectivity index is 1.21. The largest absolute Gasteiger partial charge is 0.872 e. The lowest BCUT2D eigenvalue weighted by Crippen LogP contribution is -2.53. The summed E-state index contributed by atoms with van der Waals surface area (Å²) in [5.41, 5.74) is 2.65. The fourth-order valence-electron chi connectivity index (χ4n) is 7.80. The molecule has 0 bridgehead atoms. The molecule has 2 aliphatic heterocycles. The van der Waals surface area contributed by atoms with Crippen molar-refractivity contribution in [3.8, 4) is 28.2 Å². The number of anilines is 2. The zero-order chi connectivity index (χ0) is 46.1. The number of hydrogen-bond donors (Lipinski definition) is 7. The van der Waals surface area contributed by atoms with Crippen molar-refractivity contribution in [1.29, 1.82) is 0 Å². The number of carboxylic acids is 5. The van der Waals surface area contributed by atoms with Crippen LogP contribution in [-0.4, -0.2) is 158 Å². The molecule has 3 aromatic carbocycles. The van der Waals surface area contributed by atoms with E-state index >= 15 is 0 Å². The SMILES string of the molecule is O=C(O)CN1CCN(CC(=O)O)CCN(CC(=O)O)C(Cc2ccc(NC(=S)Nc3ccc(-c4c5ccc(=O)cc-5oc5cc([O-])ccc45)c(C(=O)O)c3)cc2)CN(CC(=O)O)CC1. The van der Waals surface area contributed by atoms with Crippen LogP contribution in [0.15, 0.2) is 88.1 Å². The normalized spacial score (nSPS) is 16.1. The second kappa shape index (κ2) is 20.9. The van der Waals surface area contributed by atoms with Gasteiger partial charge in [0.25, 0.3) is 0 Å². The average Bonchev–Trinajstić information content (AvgIpc) is 3.21. The fourth-order valence-corrected chi connectivity index (χ4v) is 8.04. The molecule has 2 heterocycles. The Morgan fingerprint density at radius 2 is 1.22 bits per heavy atom. The summed E-state index contributed by atoms with van der Waals surface area (Å²) in [5, 5.41) is 68.0. The summed E-state index contributed by atoms with van der Waals surface area (Å²) in [6, 6.07) is 19.4. The number of fused-ring (bicyclic) bond motifs is 2. The predicted molar refractivity (Wildman–Crippen MR) is 236 cm³/mol. The van der Waals surface area contributed by atoms with Crippen molar-refractivity contribution in [2.75, 3.05) is 82.6 Å². The topological polar surface area (TPSA) is 277 Å². The molecule has 6 rings (SSSR count). The fraction of sp³-hybridized carbons (Fsp3) is 0.295. The van der Waals surface area contributed by atoms with Gasteiger partial charge >= 0.3 is 29.8 Å². The van der Waals surface area contributed by atoms with Crippen LogP contribution in [-0.2, 0) is 25.6 Å². The summed E-state index contributed by atoms with van der Waals surface area (Å²) in [7, 11) is 0. The van der Waals surface area contributed by atoms with Crippen LogP contribution in [0.1, 0.15) is 15.9 Å². The van der Waals surface area contributed by atoms with Gasteiger partial charge in [0.2, 0.25) is 0 Å². The summed E-state index contributed by atoms with van der Waals surface area (Å²) in [5.74, 6) is -5.81. The summed E-state index contributed by atoms with van der Waals surface area (Å²) >= 11 is 5.58. The standard InChI is InChI=1S/C44H46N6O13S/c51-30-6-9-33-36(19-30)63-37-20-31(52)7-10-34(37)42(33)32-8-5-28(18-35(32)43(61)62)46-44(64)45-27-3-1-26(2-4-27)17-29-21-49(24-40(57)58)14-13-47(22-38(53)54)11-12-48(23-39(55)56)15-16-50(29)25-41(59)60/h1-10,18-20,29,51H,11-17,21-25H2,(H,53,54)(H,55,56)(H,57,58)(H,59,60)(H,61,62)(H2,45,46,64)/p-1. The Labute approximate surface area is 370 Å². The Morgan fingerprint density at radius 1 is 0.656 bits per heavy atom. The van der Waals surface area contributed by atoms with Gasteiger partial charge in [0.05, 0.1) is 31.7 Å². The van der Waals surface area contributed by atoms with Gasteiger partial charge in [-0.05, 0) is 72.2 Å². The first-order valence-electron chi connectivity index (χ1n) is 20.0. The number of thiocarbonyl (C=S) groups is 1. The lowest BCUT2D eigenvalue weighted by atomic mass is 9.90. The number of aromatic carboxylic acids is 1. The first-order valence-corrected chi connectivity index (χ1v) is 20.4. The quantitative estimate of drug-likeness (QED) is 0.0623. The second-order valence-corrected chi connectivity index (χ2v) is 15.7. The number of carbonyl (C=O) groups is 5. The van der Waals surface area contributed by atoms with Gasteiger partial charge < -0.3 is 45.7 Å². The van der Waals surface area contributed by atoms with Crippen LogP contribution < -0.4 is 21.2 Å². The Hall–Kier alpha value is -6.97. The Kier molecular flexibility index (Phi) is 15.2. The van der Waals surface area contributed by atoms with E-state index in [-0.39, 0.29) is 105 Å². The Bertz CT molecular complexity index is 2590. The van der Waals surface area contributed by atoms with Gasteiger partial charge in [-0.2, -0.15) is 0 Å². The van der Waals surface area contributed by atoms with Gasteiger partial charge in [0.1, 0.15) is 11.3 Å². The highest BCUT2D eigenvalue weighted by molar-refractivity contribution is 7.80. The molecule has 1 saturated heterocycles. The lowest BCUT2D eigenvalue weighted by Gasteiger charge is -2.37. The van der Waals surface area contributed by atoms with E-state index in [4.69, 9.17) is 16.6 Å². The van der Waals surface area contributed by atoms with Crippen molar-refractivity contribution in [1.82, 2.24) is 19.6 Å². The van der Waals surface area contributed by atoms with Gasteiger partial charge in [-0.3, -0.25) is 43.6 Å². The van der Waals surface area contributed by atoms with E-state index in [2.05, 4.69) is 10.6 Å². The van der Waals surface area contributed by atoms with Crippen molar-refractivity contribution in [3.05, 3.63) is 100 Å². The molecular formula is C44H45N6O13S-. The molecule has 7 N–H and O–H groups in total. The summed E-state index contributed by atoms with van der Waals surface area (Å²) in [4.78, 5) is 78.9. The predicted octanol–water partition coefficient (Wildman–Crippen LogP) is 2.62. The highest BCUT2D eigenvalue weighted by atomic mass is 32.1. The third-order valence-corrected chi connectivity index (χ3v) is 10.9. The third-order valence-electron chi connectivity index (χ3n) is 10.7. The van der Waals surface area contributed by atoms with Crippen LogP contribution in [0.4, 0.5) is 11.4 Å². The summed E-state index contributed by atoms with van der Waals surface area (Å²) < 4.78 is 5.87. The van der Waals surface area contributed by atoms with Gasteiger partial charge in [0, 0.05) is 85.8 Å². The molecule has 0 spiro atoms. The number of carboxylic acid groups (broad SMARTS) is 5. The highest BCUT2D eigenvalue weighted by Crippen LogP contribution is 2.42. The molecule has 20 heteroatoms. The minimum Gasteiger partial charge on any atom is -0.872 e. The van der Waals surface area contributed by atoms with E-state index < -0.39 is 42.4 Å². The molecule has 1 fully saturated rings. The van der Waals surface area contributed by atoms with E-state index in [9.17, 15) is 59.4 Å². The zero-order valence-corrected chi connectivity index (χ0v) is 35.1. The second-order valence-electron chi connectivity index (χ2n) is 15.3. The number of nitrogens with one attached hydrogen (secondary N) is 2. The molecule has 336 valence electrons. The van der Waals surface area contributed by atoms with E-state index in [1.807, 2.05) is 0 Å². The lowest BCUT2D eigenvalue weighted by molar-refractivity contribution is -0.268. The van der Waals surface area contributed by atoms with Gasteiger partial charge in [-0.15, -0.1) is 5.75 Å². The molecule has 1 atom stereocenters. The van der Waals surface area contributed by atoms with Crippen LogP contribution in [0.3, 0.4) is 0 Å². The minimum absolute atomic E-state index is 0.0962. The third kappa shape index (κ3) is 12.6. The number of nitrogens with zero attached hydrogens (tertiary/aromatic N) is 4. The first-order chi connectivity index (χ1) is 30.5. The van der Waals surface area contributed by atoms with Crippen LogP contribution in [0.25, 0.3) is 33.4 Å². The maximum Gasteiger partial charge on any atom is 0.336 e. The molecule has 3 aliphatic rings. The maximum atomic E-state index is 12.7. The highest BCUT2D eigenvalue weighted by Gasteiger charge is 2.28. The van der Waals surface area contributed by atoms with E-state index in [1.165, 1.54) is 30.3 Å². The number of rotatable bonds is 14. The van der Waals surface area contributed by atoms with Crippen molar-refractivity contribution in [2.45, 2.75) is 12.5 Å². The maximum absolute atomic E-state index is 12.7. The molecule has 0 saturated carbocycles. The molecule has 1 aliphatic carbocycles. The van der Waals surface area contributed by atoms with Crippen LogP contribution >= 0.6 is 12.2 Å². The molecule has 1 unspecified atom stereocenters. The summed E-state index contributed by atoms with van der Waals surface area (Å²) in [6.07, 6.45) is 0.268. The van der Waals surface area contributed by atoms with E-state index in [0.29, 0.717) is 33.5 Å². The van der Waals surface area contributed by atoms with Gasteiger partial charge in [0.15, 0.2) is 10.5 Å². The van der Waals surface area contributed by atoms with Gasteiger partial charge in [-0.25, -0.2) is 4.79 Å².